The molecule has 0 spiro atoms. The highest BCUT2D eigenvalue weighted by Gasteiger charge is 2.50. The Hall–Kier alpha value is -2.07. The number of thiazole rings is 1. The minimum atomic E-state index is -1.84. The molecule has 1 aromatic heterocycles. The summed E-state index contributed by atoms with van der Waals surface area (Å²) >= 11 is 1.56. The van der Waals surface area contributed by atoms with E-state index in [0.717, 1.165) is 26.6 Å². The van der Waals surface area contributed by atoms with Gasteiger partial charge in [0.2, 0.25) is 5.91 Å². The fraction of sp³-hybridized carbons (Fsp3) is 0.500. The van der Waals surface area contributed by atoms with Crippen LogP contribution in [0.25, 0.3) is 10.4 Å². The van der Waals surface area contributed by atoms with E-state index >= 15 is 0 Å². The maximum Gasteiger partial charge on any atom is 0.282 e. The van der Waals surface area contributed by atoms with Gasteiger partial charge < -0.3 is 33.5 Å². The molecule has 5 N–H and O–H groups in total. The van der Waals surface area contributed by atoms with E-state index in [0.29, 0.717) is 0 Å². The van der Waals surface area contributed by atoms with E-state index in [2.05, 4.69) is 16.0 Å². The van der Waals surface area contributed by atoms with Crippen LogP contribution in [0.15, 0.2) is 29.8 Å². The van der Waals surface area contributed by atoms with E-state index in [1.807, 2.05) is 52.0 Å². The molecule has 2 aromatic rings. The van der Waals surface area contributed by atoms with Crippen molar-refractivity contribution in [3.05, 3.63) is 41.0 Å². The molecule has 1 fully saturated rings. The molecule has 0 bridgehead atoms. The van der Waals surface area contributed by atoms with E-state index in [1.165, 1.54) is 0 Å². The van der Waals surface area contributed by atoms with Gasteiger partial charge in [-0.05, 0) is 18.1 Å². The number of hydrogen-bond acceptors (Lipinski definition) is 5. The Kier molecular flexibility index (Phi) is 8.38. The number of amides is 2. The maximum absolute atomic E-state index is 14.6. The molecule has 7 nitrogen and oxygen atoms in total. The number of quaternary nitrogens is 1. The second-order valence-electron chi connectivity index (χ2n) is 9.05. The topological polar surface area (TPSA) is 110 Å². The molecule has 1 saturated heterocycles. The molecule has 0 saturated carbocycles. The Labute approximate surface area is 197 Å². The van der Waals surface area contributed by atoms with E-state index in [4.69, 9.17) is 0 Å². The third-order valence-electron chi connectivity index (χ3n) is 5.71. The first-order valence-electron chi connectivity index (χ1n) is 10.2. The van der Waals surface area contributed by atoms with Crippen LogP contribution < -0.4 is 23.5 Å². The van der Waals surface area contributed by atoms with Gasteiger partial charge in [-0.25, -0.2) is 9.37 Å². The Bertz CT molecular complexity index is 947. The van der Waals surface area contributed by atoms with E-state index in [-0.39, 0.29) is 25.5 Å². The van der Waals surface area contributed by atoms with Crippen molar-refractivity contribution in [1.82, 2.24) is 15.2 Å². The van der Waals surface area contributed by atoms with Crippen molar-refractivity contribution in [2.75, 3.05) is 6.54 Å². The summed E-state index contributed by atoms with van der Waals surface area (Å²) in [7, 11) is 0. The Morgan fingerprint density at radius 2 is 1.97 bits per heavy atom. The van der Waals surface area contributed by atoms with Gasteiger partial charge in [0.1, 0.15) is 12.1 Å². The predicted molar refractivity (Wildman–Crippen MR) is 117 cm³/mol. The molecule has 176 valence electrons. The van der Waals surface area contributed by atoms with Crippen LogP contribution in [0.2, 0.25) is 0 Å². The highest BCUT2D eigenvalue weighted by Crippen LogP contribution is 2.28. The van der Waals surface area contributed by atoms with Crippen molar-refractivity contribution in [2.45, 2.75) is 58.6 Å². The molecule has 0 radical (unpaired) electrons. The van der Waals surface area contributed by atoms with Crippen molar-refractivity contribution in [1.29, 1.82) is 0 Å². The number of nitrogens with zero attached hydrogens (tertiary/aromatic N) is 2. The van der Waals surface area contributed by atoms with Gasteiger partial charge >= 0.3 is 0 Å². The van der Waals surface area contributed by atoms with Crippen LogP contribution in [0, 0.1) is 12.3 Å². The first kappa shape index (κ1) is 26.2. The lowest BCUT2D eigenvalue weighted by Gasteiger charge is -2.30. The third-order valence-corrected chi connectivity index (χ3v) is 6.69. The average Bonchev–Trinajstić information content (AvgIpc) is 3.28. The zero-order valence-electron chi connectivity index (χ0n) is 18.6. The molecule has 2 heterocycles. The number of hydrogen-bond donors (Lipinski definition) is 3. The van der Waals surface area contributed by atoms with Gasteiger partial charge in [-0.3, -0.25) is 9.59 Å². The first-order valence-corrected chi connectivity index (χ1v) is 11.1. The first-order chi connectivity index (χ1) is 14.5. The van der Waals surface area contributed by atoms with Gasteiger partial charge in [0, 0.05) is 12.0 Å². The maximum atomic E-state index is 14.6. The highest BCUT2D eigenvalue weighted by atomic mass is 35.5. The molecule has 0 unspecified atom stereocenters. The summed E-state index contributed by atoms with van der Waals surface area (Å²) in [6.07, 6.45) is -3.23. The molecule has 10 heteroatoms. The second kappa shape index (κ2) is 10.2. The van der Waals surface area contributed by atoms with Gasteiger partial charge in [0.25, 0.3) is 5.91 Å². The van der Waals surface area contributed by atoms with Crippen molar-refractivity contribution in [3.63, 3.8) is 0 Å². The van der Waals surface area contributed by atoms with Crippen molar-refractivity contribution in [3.8, 4) is 10.4 Å². The largest absolute Gasteiger partial charge is 1.00 e. The lowest BCUT2D eigenvalue weighted by molar-refractivity contribution is -0.428. The molecule has 0 aliphatic carbocycles. The molecule has 32 heavy (non-hydrogen) atoms. The smallest absolute Gasteiger partial charge is 0.282 e. The van der Waals surface area contributed by atoms with Crippen LogP contribution in [-0.4, -0.2) is 57.7 Å². The standard InChI is InChI=1S/C22H29FN4O3S.ClH/c1-12-18(31-11-26-12)14-7-5-13(6-8-14)9-25-20(29)17-16(23)15(28)10-27(17)21(30)19(24)22(2,3)4;/h5-8,11,15-17,19,28H,9-10,24H2,1-4H3,(H,25,29);1H/t15-,16-,17-,19+;/m0./s1. The van der Waals surface area contributed by atoms with Gasteiger partial charge in [-0.1, -0.05) is 45.0 Å². The monoisotopic (exact) mass is 484 g/mol. The number of benzene rings is 1. The van der Waals surface area contributed by atoms with Crippen LogP contribution in [0.4, 0.5) is 4.39 Å². The van der Waals surface area contributed by atoms with E-state index < -0.39 is 41.6 Å². The van der Waals surface area contributed by atoms with Gasteiger partial charge in [0.15, 0.2) is 12.2 Å². The number of carbonyl (C=O) groups excluding carboxylic acids is 2. The second-order valence-corrected chi connectivity index (χ2v) is 9.90. The van der Waals surface area contributed by atoms with Crippen LogP contribution in [0.5, 0.6) is 0 Å². The van der Waals surface area contributed by atoms with Crippen LogP contribution in [0.1, 0.15) is 32.0 Å². The molecule has 1 aliphatic heterocycles. The minimum absolute atomic E-state index is 0. The summed E-state index contributed by atoms with van der Waals surface area (Å²) in [4.78, 5) is 32.1. The number of aromatic nitrogens is 1. The molecular weight excluding hydrogens is 455 g/mol. The quantitative estimate of drug-likeness (QED) is 0.470. The number of aliphatic hydroxyl groups is 1. The number of aliphatic hydroxyl groups excluding tert-OH is 1. The molecule has 2 amide bonds. The number of alkyl halides is 1. The fourth-order valence-corrected chi connectivity index (χ4v) is 4.34. The zero-order valence-corrected chi connectivity index (χ0v) is 20.2. The van der Waals surface area contributed by atoms with Crippen LogP contribution in [-0.2, 0) is 16.1 Å². The molecule has 1 aromatic carbocycles. The van der Waals surface area contributed by atoms with Crippen molar-refractivity contribution >= 4 is 23.2 Å². The fourth-order valence-electron chi connectivity index (χ4n) is 3.53. The number of halogens is 2. The minimum Gasteiger partial charge on any atom is -1.00 e. The average molecular weight is 485 g/mol. The van der Waals surface area contributed by atoms with Crippen molar-refractivity contribution < 1.29 is 37.2 Å². The number of β-amino-alcohol motifs (C(OH)–C–C–N with tert-alkyl or cyclic N) is 1. The van der Waals surface area contributed by atoms with Gasteiger partial charge in [0.05, 0.1) is 22.6 Å². The SMILES string of the molecule is Cc1ncsc1-c1ccc(CNC(=O)[C@@H]2[C@@H](F)[C@@H](O)CN2C(=O)[C@@H]([NH3+])C(C)(C)C)cc1.[Cl-]. The molecule has 1 aliphatic rings. The van der Waals surface area contributed by atoms with Crippen LogP contribution >= 0.6 is 11.3 Å². The number of carbonyl (C=O) groups is 2. The Morgan fingerprint density at radius 3 is 2.50 bits per heavy atom. The summed E-state index contributed by atoms with van der Waals surface area (Å²) in [6, 6.07) is 5.65. The number of nitrogens with one attached hydrogen (secondary N) is 1. The van der Waals surface area contributed by atoms with Crippen LogP contribution in [0.3, 0.4) is 0 Å². The third kappa shape index (κ3) is 5.46. The van der Waals surface area contributed by atoms with Crippen molar-refractivity contribution in [2.24, 2.45) is 5.41 Å². The summed E-state index contributed by atoms with van der Waals surface area (Å²) in [5.74, 6) is -1.06. The molecule has 4 atom stereocenters. The van der Waals surface area contributed by atoms with Gasteiger partial charge in [-0.2, -0.15) is 0 Å². The normalized spacial score (nSPS) is 21.7. The summed E-state index contributed by atoms with van der Waals surface area (Å²) in [5, 5.41) is 12.7. The number of likely N-dealkylation sites (tertiary alicyclic amines) is 1. The summed E-state index contributed by atoms with van der Waals surface area (Å²) in [5.41, 5.74) is 8.09. The predicted octanol–water partition coefficient (Wildman–Crippen LogP) is -1.69. The number of aryl methyl sites for hydroxylation is 1. The lowest BCUT2D eigenvalue weighted by atomic mass is 9.86. The molecule has 3 rings (SSSR count). The molecular formula is C22H30ClFN4O3S. The number of rotatable bonds is 5. The Balaban J connectivity index is 0.00000363. The summed E-state index contributed by atoms with van der Waals surface area (Å²) in [6.45, 7) is 7.49. The highest BCUT2D eigenvalue weighted by molar-refractivity contribution is 7.13. The summed E-state index contributed by atoms with van der Waals surface area (Å²) < 4.78 is 14.6. The van der Waals surface area contributed by atoms with Gasteiger partial charge in [-0.15, -0.1) is 11.3 Å². The van der Waals surface area contributed by atoms with E-state index in [1.54, 1.807) is 16.8 Å². The van der Waals surface area contributed by atoms with E-state index in [9.17, 15) is 19.1 Å². The lowest BCUT2D eigenvalue weighted by Crippen LogP contribution is -3.00. The zero-order chi connectivity index (χ0) is 22.9. The Morgan fingerprint density at radius 1 is 1.34 bits per heavy atom.